The second-order valence-corrected chi connectivity index (χ2v) is 8.75. The van der Waals surface area contributed by atoms with Crippen molar-refractivity contribution in [3.05, 3.63) is 80.5 Å². The van der Waals surface area contributed by atoms with Crippen molar-refractivity contribution < 1.29 is 4.74 Å². The van der Waals surface area contributed by atoms with Gasteiger partial charge in [-0.05, 0) is 24.3 Å². The molecule has 0 unspecified atom stereocenters. The molecule has 1 fully saturated rings. The van der Waals surface area contributed by atoms with E-state index >= 15 is 0 Å². The molecule has 0 radical (unpaired) electrons. The summed E-state index contributed by atoms with van der Waals surface area (Å²) in [6, 6.07) is 17.1. The number of ether oxygens (including phenoxy) is 1. The average Bonchev–Trinajstić information content (AvgIpc) is 3.28. The molecule has 4 aromatic rings. The van der Waals surface area contributed by atoms with Crippen LogP contribution in [0.4, 0.5) is 5.69 Å². The molecule has 0 aliphatic carbocycles. The van der Waals surface area contributed by atoms with Crippen molar-refractivity contribution in [1.82, 2.24) is 19.4 Å². The first-order chi connectivity index (χ1) is 16.5. The summed E-state index contributed by atoms with van der Waals surface area (Å²) in [7, 11) is 1.68. The van der Waals surface area contributed by atoms with Crippen LogP contribution in [-0.4, -0.2) is 59.3 Å². The van der Waals surface area contributed by atoms with Gasteiger partial charge >= 0.3 is 5.69 Å². The molecule has 0 atom stereocenters. The van der Waals surface area contributed by atoms with Crippen LogP contribution in [0.3, 0.4) is 0 Å². The summed E-state index contributed by atoms with van der Waals surface area (Å²) in [5, 5.41) is 0.573. The van der Waals surface area contributed by atoms with E-state index in [2.05, 4.69) is 25.8 Å². The molecule has 2 aromatic heterocycles. The van der Waals surface area contributed by atoms with E-state index in [-0.39, 0.29) is 5.56 Å². The van der Waals surface area contributed by atoms with Crippen LogP contribution < -0.4 is 20.9 Å². The van der Waals surface area contributed by atoms with Crippen molar-refractivity contribution in [1.29, 1.82) is 0 Å². The second kappa shape index (κ2) is 9.40. The van der Waals surface area contributed by atoms with Gasteiger partial charge in [-0.3, -0.25) is 14.3 Å². The van der Waals surface area contributed by atoms with Gasteiger partial charge in [0.25, 0.3) is 5.56 Å². The van der Waals surface area contributed by atoms with Gasteiger partial charge in [0.15, 0.2) is 0 Å². The zero-order valence-corrected chi connectivity index (χ0v) is 19.6. The summed E-state index contributed by atoms with van der Waals surface area (Å²) < 4.78 is 6.75. The Bertz CT molecular complexity index is 1430. The van der Waals surface area contributed by atoms with Gasteiger partial charge in [0.05, 0.1) is 18.3 Å². The monoisotopic (exact) mass is 479 g/mol. The van der Waals surface area contributed by atoms with Crippen LogP contribution in [0.25, 0.3) is 22.3 Å². The lowest BCUT2D eigenvalue weighted by Crippen LogP contribution is -2.48. The molecule has 9 heteroatoms. The molecular weight excluding hydrogens is 454 g/mol. The van der Waals surface area contributed by atoms with E-state index in [9.17, 15) is 9.59 Å². The van der Waals surface area contributed by atoms with Crippen LogP contribution in [0.15, 0.2) is 64.2 Å². The van der Waals surface area contributed by atoms with Crippen molar-refractivity contribution in [2.24, 2.45) is 0 Å². The molecule has 5 rings (SSSR count). The van der Waals surface area contributed by atoms with Crippen LogP contribution in [-0.2, 0) is 6.54 Å². The number of halogens is 1. The number of piperazine rings is 1. The molecule has 1 saturated heterocycles. The maximum absolute atomic E-state index is 13.1. The number of H-pyrrole nitrogens is 2. The maximum Gasteiger partial charge on any atom is 0.328 e. The highest BCUT2D eigenvalue weighted by atomic mass is 35.5. The van der Waals surface area contributed by atoms with E-state index in [0.29, 0.717) is 34.8 Å². The zero-order chi connectivity index (χ0) is 23.7. The fraction of sp³-hybridized carbons (Fsp3) is 0.280. The predicted molar refractivity (Wildman–Crippen MR) is 135 cm³/mol. The van der Waals surface area contributed by atoms with Crippen molar-refractivity contribution in [3.63, 3.8) is 0 Å². The fourth-order valence-corrected chi connectivity index (χ4v) is 4.74. The molecule has 34 heavy (non-hydrogen) atoms. The van der Waals surface area contributed by atoms with Gasteiger partial charge in [0, 0.05) is 55.5 Å². The van der Waals surface area contributed by atoms with Crippen molar-refractivity contribution in [3.8, 4) is 17.0 Å². The van der Waals surface area contributed by atoms with Gasteiger partial charge in [-0.1, -0.05) is 41.9 Å². The van der Waals surface area contributed by atoms with Gasteiger partial charge in [0.1, 0.15) is 11.3 Å². The predicted octanol–water partition coefficient (Wildman–Crippen LogP) is 3.17. The lowest BCUT2D eigenvalue weighted by atomic mass is 10.1. The first-order valence-electron chi connectivity index (χ1n) is 11.3. The first kappa shape index (κ1) is 22.3. The number of aromatic nitrogens is 3. The number of aromatic amines is 2. The Hall–Kier alpha value is -3.49. The molecule has 0 spiro atoms. The zero-order valence-electron chi connectivity index (χ0n) is 18.9. The highest BCUT2D eigenvalue weighted by molar-refractivity contribution is 6.33. The Labute approximate surface area is 201 Å². The quantitative estimate of drug-likeness (QED) is 0.443. The summed E-state index contributed by atoms with van der Waals surface area (Å²) in [6.45, 7) is 4.31. The summed E-state index contributed by atoms with van der Waals surface area (Å²) in [4.78, 5) is 36.3. The number of hydrogen-bond donors (Lipinski definition) is 2. The second-order valence-electron chi connectivity index (χ2n) is 8.34. The maximum atomic E-state index is 13.1. The molecule has 0 amide bonds. The standard InChI is InChI=1S/C25H26ClN5O3/c1-34-22-9-5-4-8-21(22)30-13-10-29(11-14-30)12-15-31-24(32)23-20(28-25(31)33)16-19(27-23)17-6-2-3-7-18(17)26/h2-9,16,27H,10-15H2,1H3,(H,28,33). The number of fused-ring (bicyclic) bond motifs is 1. The molecule has 176 valence electrons. The number of hydrogen-bond acceptors (Lipinski definition) is 5. The van der Waals surface area contributed by atoms with Crippen LogP contribution in [0.1, 0.15) is 0 Å². The minimum absolute atomic E-state index is 0.319. The van der Waals surface area contributed by atoms with Crippen molar-refractivity contribution >= 4 is 28.3 Å². The highest BCUT2D eigenvalue weighted by Crippen LogP contribution is 2.29. The summed E-state index contributed by atoms with van der Waals surface area (Å²) >= 11 is 6.30. The first-order valence-corrected chi connectivity index (χ1v) is 11.6. The minimum Gasteiger partial charge on any atom is -0.495 e. The third kappa shape index (κ3) is 4.22. The van der Waals surface area contributed by atoms with E-state index < -0.39 is 5.69 Å². The Morgan fingerprint density at radius 3 is 2.44 bits per heavy atom. The Balaban J connectivity index is 1.30. The third-order valence-electron chi connectivity index (χ3n) is 6.37. The molecule has 8 nitrogen and oxygen atoms in total. The molecule has 1 aliphatic rings. The third-order valence-corrected chi connectivity index (χ3v) is 6.70. The van der Waals surface area contributed by atoms with E-state index in [1.165, 1.54) is 4.57 Å². The van der Waals surface area contributed by atoms with Gasteiger partial charge in [-0.2, -0.15) is 0 Å². The molecule has 2 aromatic carbocycles. The number of para-hydroxylation sites is 2. The smallest absolute Gasteiger partial charge is 0.328 e. The SMILES string of the molecule is COc1ccccc1N1CCN(CCn2c(=O)[nH]c3cc(-c4ccccc4Cl)[nH]c3c2=O)CC1. The lowest BCUT2D eigenvalue weighted by Gasteiger charge is -2.36. The number of rotatable bonds is 6. The van der Waals surface area contributed by atoms with Crippen LogP contribution in [0.2, 0.25) is 5.02 Å². The lowest BCUT2D eigenvalue weighted by molar-refractivity contribution is 0.245. The molecular formula is C25H26ClN5O3. The fourth-order valence-electron chi connectivity index (χ4n) is 4.50. The average molecular weight is 480 g/mol. The van der Waals surface area contributed by atoms with Gasteiger partial charge in [-0.15, -0.1) is 0 Å². The summed E-state index contributed by atoms with van der Waals surface area (Å²) in [5.41, 5.74) is 2.67. The number of nitrogens with zero attached hydrogens (tertiary/aromatic N) is 3. The molecule has 3 heterocycles. The normalized spacial score (nSPS) is 14.6. The topological polar surface area (TPSA) is 86.4 Å². The van der Waals surface area contributed by atoms with Crippen molar-refractivity contribution in [2.45, 2.75) is 6.54 Å². The van der Waals surface area contributed by atoms with Crippen LogP contribution >= 0.6 is 11.6 Å². The van der Waals surface area contributed by atoms with E-state index in [0.717, 1.165) is 43.2 Å². The molecule has 0 saturated carbocycles. The Morgan fingerprint density at radius 1 is 0.941 bits per heavy atom. The summed E-state index contributed by atoms with van der Waals surface area (Å²) in [5.74, 6) is 0.865. The summed E-state index contributed by atoms with van der Waals surface area (Å²) in [6.07, 6.45) is 0. The van der Waals surface area contributed by atoms with Crippen LogP contribution in [0.5, 0.6) is 5.75 Å². The molecule has 1 aliphatic heterocycles. The van der Waals surface area contributed by atoms with Crippen LogP contribution in [0, 0.1) is 0 Å². The van der Waals surface area contributed by atoms with Gasteiger partial charge in [0.2, 0.25) is 0 Å². The number of anilines is 1. The van der Waals surface area contributed by atoms with E-state index in [4.69, 9.17) is 16.3 Å². The van der Waals surface area contributed by atoms with Crippen molar-refractivity contribution in [2.75, 3.05) is 44.7 Å². The Kier molecular flexibility index (Phi) is 6.17. The van der Waals surface area contributed by atoms with E-state index in [1.54, 1.807) is 19.2 Å². The van der Waals surface area contributed by atoms with E-state index in [1.807, 2.05) is 36.4 Å². The minimum atomic E-state index is -0.408. The Morgan fingerprint density at radius 2 is 1.68 bits per heavy atom. The largest absolute Gasteiger partial charge is 0.495 e. The number of benzene rings is 2. The highest BCUT2D eigenvalue weighted by Gasteiger charge is 2.20. The van der Waals surface area contributed by atoms with Gasteiger partial charge in [-0.25, -0.2) is 4.79 Å². The number of nitrogens with one attached hydrogen (secondary N) is 2. The molecule has 2 N–H and O–H groups in total. The van der Waals surface area contributed by atoms with Gasteiger partial charge < -0.3 is 19.6 Å². The number of methoxy groups -OCH3 is 1. The molecule has 0 bridgehead atoms.